The standard InChI is InChI=1S/C23H31N3O/c1-23(2,3)18-10-12-20(13-11-18)26-22(27)17-14-21(16-24-15-17)25-19-8-6-4-5-7-9-19/h10-16,19,25H,4-9H2,1-3H3,(H,26,27). The van der Waals surface area contributed by atoms with Crippen molar-refractivity contribution in [3.63, 3.8) is 0 Å². The fourth-order valence-corrected chi connectivity index (χ4v) is 3.56. The molecule has 1 heterocycles. The van der Waals surface area contributed by atoms with Gasteiger partial charge in [-0.3, -0.25) is 9.78 Å². The summed E-state index contributed by atoms with van der Waals surface area (Å²) in [6.45, 7) is 6.54. The lowest BCUT2D eigenvalue weighted by Crippen LogP contribution is -2.19. The van der Waals surface area contributed by atoms with Crippen molar-refractivity contribution in [3.05, 3.63) is 53.9 Å². The molecule has 0 unspecified atom stereocenters. The molecule has 27 heavy (non-hydrogen) atoms. The second-order valence-electron chi connectivity index (χ2n) is 8.58. The van der Waals surface area contributed by atoms with Gasteiger partial charge in [0.2, 0.25) is 0 Å². The number of hydrogen-bond donors (Lipinski definition) is 2. The minimum atomic E-state index is -0.129. The van der Waals surface area contributed by atoms with Gasteiger partial charge in [0.05, 0.1) is 11.3 Å². The van der Waals surface area contributed by atoms with Crippen molar-refractivity contribution in [2.75, 3.05) is 10.6 Å². The Morgan fingerprint density at radius 2 is 1.63 bits per heavy atom. The average Bonchev–Trinajstić information content (AvgIpc) is 2.90. The molecule has 0 bridgehead atoms. The monoisotopic (exact) mass is 365 g/mol. The van der Waals surface area contributed by atoms with Crippen molar-refractivity contribution in [1.29, 1.82) is 0 Å². The third-order valence-corrected chi connectivity index (χ3v) is 5.24. The molecule has 0 radical (unpaired) electrons. The van der Waals surface area contributed by atoms with Gasteiger partial charge in [-0.15, -0.1) is 0 Å². The first-order valence-corrected chi connectivity index (χ1v) is 10.1. The topological polar surface area (TPSA) is 54.0 Å². The molecule has 1 saturated carbocycles. The van der Waals surface area contributed by atoms with E-state index in [2.05, 4.69) is 48.5 Å². The zero-order valence-electron chi connectivity index (χ0n) is 16.7. The van der Waals surface area contributed by atoms with Gasteiger partial charge in [0, 0.05) is 24.1 Å². The van der Waals surface area contributed by atoms with Gasteiger partial charge in [-0.25, -0.2) is 0 Å². The Hall–Kier alpha value is -2.36. The lowest BCUT2D eigenvalue weighted by molar-refractivity contribution is 0.102. The highest BCUT2D eigenvalue weighted by Gasteiger charge is 2.15. The molecule has 1 fully saturated rings. The van der Waals surface area contributed by atoms with Crippen LogP contribution in [0.1, 0.15) is 75.2 Å². The average molecular weight is 366 g/mol. The van der Waals surface area contributed by atoms with Crippen LogP contribution >= 0.6 is 0 Å². The number of benzene rings is 1. The Morgan fingerprint density at radius 1 is 0.963 bits per heavy atom. The van der Waals surface area contributed by atoms with Crippen LogP contribution < -0.4 is 10.6 Å². The molecule has 144 valence electrons. The summed E-state index contributed by atoms with van der Waals surface area (Å²) in [5, 5.41) is 6.53. The first kappa shape index (κ1) is 19.4. The maximum atomic E-state index is 12.6. The van der Waals surface area contributed by atoms with Gasteiger partial charge in [0.15, 0.2) is 0 Å². The minimum absolute atomic E-state index is 0.102. The van der Waals surface area contributed by atoms with Gasteiger partial charge in [-0.05, 0) is 42.0 Å². The van der Waals surface area contributed by atoms with E-state index in [1.165, 1.54) is 44.1 Å². The van der Waals surface area contributed by atoms with Gasteiger partial charge in [-0.2, -0.15) is 0 Å². The second kappa shape index (κ2) is 8.55. The maximum Gasteiger partial charge on any atom is 0.257 e. The Labute approximate surface area is 162 Å². The van der Waals surface area contributed by atoms with E-state index in [4.69, 9.17) is 0 Å². The van der Waals surface area contributed by atoms with Crippen LogP contribution in [-0.2, 0) is 5.41 Å². The van der Waals surface area contributed by atoms with Crippen molar-refractivity contribution in [2.45, 2.75) is 70.8 Å². The Bertz CT molecular complexity index is 754. The van der Waals surface area contributed by atoms with Crippen LogP contribution in [0.3, 0.4) is 0 Å². The summed E-state index contributed by atoms with van der Waals surface area (Å²) in [5.41, 5.74) is 3.66. The smallest absolute Gasteiger partial charge is 0.257 e. The molecule has 4 nitrogen and oxygen atoms in total. The second-order valence-corrected chi connectivity index (χ2v) is 8.58. The van der Waals surface area contributed by atoms with Crippen LogP contribution in [-0.4, -0.2) is 16.9 Å². The molecule has 1 aliphatic carbocycles. The fourth-order valence-electron chi connectivity index (χ4n) is 3.56. The number of nitrogens with one attached hydrogen (secondary N) is 2. The number of carbonyl (C=O) groups excluding carboxylic acids is 1. The fraction of sp³-hybridized carbons (Fsp3) is 0.478. The van der Waals surface area contributed by atoms with Crippen LogP contribution in [0.4, 0.5) is 11.4 Å². The van der Waals surface area contributed by atoms with E-state index in [0.29, 0.717) is 11.6 Å². The molecule has 0 atom stereocenters. The molecule has 1 aliphatic rings. The van der Waals surface area contributed by atoms with E-state index < -0.39 is 0 Å². The van der Waals surface area contributed by atoms with E-state index in [-0.39, 0.29) is 11.3 Å². The number of nitrogens with zero attached hydrogens (tertiary/aromatic N) is 1. The van der Waals surface area contributed by atoms with E-state index in [9.17, 15) is 4.79 Å². The van der Waals surface area contributed by atoms with Crippen LogP contribution in [0.5, 0.6) is 0 Å². The number of carbonyl (C=O) groups is 1. The lowest BCUT2D eigenvalue weighted by atomic mass is 9.87. The highest BCUT2D eigenvalue weighted by molar-refractivity contribution is 6.04. The normalized spacial score (nSPS) is 15.8. The van der Waals surface area contributed by atoms with Crippen LogP contribution in [0, 0.1) is 0 Å². The zero-order valence-corrected chi connectivity index (χ0v) is 16.7. The summed E-state index contributed by atoms with van der Waals surface area (Å²) < 4.78 is 0. The first-order chi connectivity index (χ1) is 12.9. The molecule has 0 spiro atoms. The van der Waals surface area contributed by atoms with Crippen molar-refractivity contribution < 1.29 is 4.79 Å². The quantitative estimate of drug-likeness (QED) is 0.677. The summed E-state index contributed by atoms with van der Waals surface area (Å²) in [6.07, 6.45) is 11.0. The molecule has 3 rings (SSSR count). The molecule has 1 aromatic carbocycles. The van der Waals surface area contributed by atoms with E-state index in [1.54, 1.807) is 12.4 Å². The molecular weight excluding hydrogens is 334 g/mol. The van der Waals surface area contributed by atoms with Crippen LogP contribution in [0.25, 0.3) is 0 Å². The molecule has 0 saturated heterocycles. The molecule has 4 heteroatoms. The van der Waals surface area contributed by atoms with Gasteiger partial charge in [0.25, 0.3) is 5.91 Å². The van der Waals surface area contributed by atoms with Gasteiger partial charge in [0.1, 0.15) is 0 Å². The SMILES string of the molecule is CC(C)(C)c1ccc(NC(=O)c2cncc(NC3CCCCCC3)c2)cc1. The molecule has 0 aliphatic heterocycles. The third kappa shape index (κ3) is 5.56. The van der Waals surface area contributed by atoms with Crippen molar-refractivity contribution in [1.82, 2.24) is 4.98 Å². The molecular formula is C23H31N3O. The van der Waals surface area contributed by atoms with Crippen LogP contribution in [0.2, 0.25) is 0 Å². The Kier molecular flexibility index (Phi) is 6.15. The van der Waals surface area contributed by atoms with Gasteiger partial charge < -0.3 is 10.6 Å². The number of rotatable bonds is 4. The molecule has 1 amide bonds. The van der Waals surface area contributed by atoms with E-state index >= 15 is 0 Å². The molecule has 2 N–H and O–H groups in total. The number of amides is 1. The van der Waals surface area contributed by atoms with Crippen molar-refractivity contribution in [2.24, 2.45) is 0 Å². The largest absolute Gasteiger partial charge is 0.381 e. The number of pyridine rings is 1. The Morgan fingerprint density at radius 3 is 2.26 bits per heavy atom. The van der Waals surface area contributed by atoms with Crippen molar-refractivity contribution >= 4 is 17.3 Å². The van der Waals surface area contributed by atoms with Crippen LogP contribution in [0.15, 0.2) is 42.7 Å². The zero-order chi connectivity index (χ0) is 19.3. The summed E-state index contributed by atoms with van der Waals surface area (Å²) in [6, 6.07) is 10.4. The predicted molar refractivity (Wildman–Crippen MR) is 112 cm³/mol. The Balaban J connectivity index is 1.64. The lowest BCUT2D eigenvalue weighted by Gasteiger charge is -2.19. The molecule has 2 aromatic rings. The van der Waals surface area contributed by atoms with Crippen molar-refractivity contribution in [3.8, 4) is 0 Å². The minimum Gasteiger partial charge on any atom is -0.381 e. The maximum absolute atomic E-state index is 12.6. The summed E-state index contributed by atoms with van der Waals surface area (Å²) in [7, 11) is 0. The number of anilines is 2. The number of hydrogen-bond acceptors (Lipinski definition) is 3. The number of aromatic nitrogens is 1. The third-order valence-electron chi connectivity index (χ3n) is 5.24. The van der Waals surface area contributed by atoms with Gasteiger partial charge in [-0.1, -0.05) is 58.6 Å². The summed E-state index contributed by atoms with van der Waals surface area (Å²) in [5.74, 6) is -0.129. The first-order valence-electron chi connectivity index (χ1n) is 10.1. The predicted octanol–water partition coefficient (Wildman–Crippen LogP) is 5.77. The van der Waals surface area contributed by atoms with E-state index in [1.807, 2.05) is 18.2 Å². The summed E-state index contributed by atoms with van der Waals surface area (Å²) >= 11 is 0. The highest BCUT2D eigenvalue weighted by Crippen LogP contribution is 2.24. The highest BCUT2D eigenvalue weighted by atomic mass is 16.1. The molecule has 1 aromatic heterocycles. The van der Waals surface area contributed by atoms with E-state index in [0.717, 1.165) is 11.4 Å². The summed E-state index contributed by atoms with van der Waals surface area (Å²) in [4.78, 5) is 16.9. The van der Waals surface area contributed by atoms with Gasteiger partial charge >= 0.3 is 0 Å².